The normalized spacial score (nSPS) is 13.6. The number of hydroxylamine groups is 2. The van der Waals surface area contributed by atoms with Gasteiger partial charge in [0.05, 0.1) is 18.7 Å². The molecule has 0 aliphatic carbocycles. The number of rotatable bonds is 10. The molecule has 0 saturated carbocycles. The monoisotopic (exact) mass is 400 g/mol. The fraction of sp³-hybridized carbons (Fsp3) is 0.500. The van der Waals surface area contributed by atoms with Crippen molar-refractivity contribution >= 4 is 28.6 Å². The van der Waals surface area contributed by atoms with Crippen LogP contribution in [0.3, 0.4) is 0 Å². The molecule has 0 bridgehead atoms. The summed E-state index contributed by atoms with van der Waals surface area (Å²) >= 11 is 6.10. The molecule has 27 heavy (non-hydrogen) atoms. The van der Waals surface area contributed by atoms with Crippen LogP contribution in [-0.4, -0.2) is 47.9 Å². The number of allylic oxidation sites excluding steroid dienone is 2. The lowest BCUT2D eigenvalue weighted by molar-refractivity contribution is -0.336. The summed E-state index contributed by atoms with van der Waals surface area (Å²) in [5.74, 6) is 0.155. The zero-order chi connectivity index (χ0) is 21.2. The van der Waals surface area contributed by atoms with E-state index in [1.165, 1.54) is 13.1 Å². The van der Waals surface area contributed by atoms with E-state index in [1.54, 1.807) is 34.7 Å². The average molecular weight is 401 g/mol. The Bertz CT molecular complexity index is 623. The summed E-state index contributed by atoms with van der Waals surface area (Å²) in [7, 11) is 3.16. The highest BCUT2D eigenvalue weighted by Crippen LogP contribution is 2.18. The Labute approximate surface area is 166 Å². The summed E-state index contributed by atoms with van der Waals surface area (Å²) in [6.45, 7) is 18.1. The van der Waals surface area contributed by atoms with Crippen LogP contribution in [0.15, 0.2) is 47.3 Å². The Morgan fingerprint density at radius 2 is 1.96 bits per heavy atom. The van der Waals surface area contributed by atoms with Crippen LogP contribution < -0.4 is 5.32 Å². The van der Waals surface area contributed by atoms with E-state index < -0.39 is 17.6 Å². The first-order valence-corrected chi connectivity index (χ1v) is 8.54. The molecule has 0 heterocycles. The second-order valence-electron chi connectivity index (χ2n) is 6.46. The Morgan fingerprint density at radius 3 is 2.44 bits per heavy atom. The van der Waals surface area contributed by atoms with Gasteiger partial charge in [-0.05, 0) is 32.9 Å². The van der Waals surface area contributed by atoms with Gasteiger partial charge in [0, 0.05) is 12.6 Å². The number of esters is 1. The van der Waals surface area contributed by atoms with Crippen molar-refractivity contribution in [1.29, 1.82) is 0 Å². The second kappa shape index (κ2) is 11.4. The molecular weight excluding hydrogens is 372 g/mol. The van der Waals surface area contributed by atoms with Gasteiger partial charge in [-0.3, -0.25) is 14.7 Å². The predicted molar refractivity (Wildman–Crippen MR) is 108 cm³/mol. The van der Waals surface area contributed by atoms with Gasteiger partial charge in [-0.15, -0.1) is 0 Å². The molecule has 1 atom stereocenters. The van der Waals surface area contributed by atoms with E-state index in [0.717, 1.165) is 5.23 Å². The molecule has 0 fully saturated rings. The second-order valence-corrected chi connectivity index (χ2v) is 6.82. The number of nitrogens with zero attached hydrogens (tertiary/aromatic N) is 3. The van der Waals surface area contributed by atoms with Crippen molar-refractivity contribution in [3.05, 3.63) is 37.1 Å². The maximum Gasteiger partial charge on any atom is 0.308 e. The molecule has 0 spiro atoms. The largest absolute Gasteiger partial charge is 0.460 e. The number of nitrogens with one attached hydrogen (secondary N) is 1. The maximum absolute atomic E-state index is 12.2. The number of oxime groups is 1. The minimum atomic E-state index is -0.829. The predicted octanol–water partition coefficient (Wildman–Crippen LogP) is 3.33. The number of amidine groups is 1. The summed E-state index contributed by atoms with van der Waals surface area (Å²) in [5.41, 5.74) is -0.237. The average Bonchev–Trinajstić information content (AvgIpc) is 2.56. The minimum Gasteiger partial charge on any atom is -0.460 e. The standard InChI is InChI=1S/C18H29ClN4O4/c1-10-12(2)17(19)21-15(11-16(24)25-18(5,6)7)13(3)26-23(9)27-22-14(4)20-8/h10,15H,1-3,11H2,4-9H3,(H,20,22)/b21-17+/t15-/m0/s1. The molecule has 0 amide bonds. The van der Waals surface area contributed by atoms with Crippen molar-refractivity contribution < 1.29 is 19.3 Å². The number of hydrogen-bond acceptors (Lipinski definition) is 7. The van der Waals surface area contributed by atoms with Gasteiger partial charge < -0.3 is 14.9 Å². The number of ether oxygens (including phenoxy) is 1. The van der Waals surface area contributed by atoms with Gasteiger partial charge in [-0.25, -0.2) is 0 Å². The molecule has 0 aliphatic rings. The quantitative estimate of drug-likeness (QED) is 0.151. The van der Waals surface area contributed by atoms with E-state index in [0.29, 0.717) is 11.4 Å². The van der Waals surface area contributed by atoms with Crippen molar-refractivity contribution in [2.45, 2.75) is 45.8 Å². The highest BCUT2D eigenvalue weighted by molar-refractivity contribution is 6.70. The van der Waals surface area contributed by atoms with E-state index in [-0.39, 0.29) is 17.4 Å². The summed E-state index contributed by atoms with van der Waals surface area (Å²) in [6, 6.07) is -0.829. The first-order chi connectivity index (χ1) is 12.4. The number of carbonyl (C=O) groups is 1. The number of halogens is 1. The van der Waals surface area contributed by atoms with Crippen LogP contribution >= 0.6 is 11.6 Å². The third-order valence-corrected chi connectivity index (χ3v) is 3.17. The number of carbonyl (C=O) groups excluding carboxylic acids is 1. The zero-order valence-electron chi connectivity index (χ0n) is 16.8. The lowest BCUT2D eigenvalue weighted by Crippen LogP contribution is -2.29. The van der Waals surface area contributed by atoms with Crippen LogP contribution in [0.1, 0.15) is 34.1 Å². The molecule has 0 radical (unpaired) electrons. The molecule has 0 aromatic carbocycles. The van der Waals surface area contributed by atoms with Gasteiger partial charge in [0.2, 0.25) is 0 Å². The fourth-order valence-electron chi connectivity index (χ4n) is 1.48. The highest BCUT2D eigenvalue weighted by atomic mass is 35.5. The molecule has 0 aliphatic heterocycles. The van der Waals surface area contributed by atoms with Gasteiger partial charge in [-0.2, -0.15) is 0 Å². The zero-order valence-corrected chi connectivity index (χ0v) is 17.6. The topological polar surface area (TPSA) is 84.8 Å². The van der Waals surface area contributed by atoms with Crippen LogP contribution in [0, 0.1) is 0 Å². The molecule has 1 N–H and O–H groups in total. The highest BCUT2D eigenvalue weighted by Gasteiger charge is 2.24. The number of hydrogen-bond donors (Lipinski definition) is 1. The first kappa shape index (κ1) is 24.7. The fourth-order valence-corrected chi connectivity index (χ4v) is 1.68. The molecule has 0 aromatic rings. The lowest BCUT2D eigenvalue weighted by atomic mass is 10.1. The van der Waals surface area contributed by atoms with Gasteiger partial charge in [0.25, 0.3) is 0 Å². The van der Waals surface area contributed by atoms with Crippen molar-refractivity contribution in [2.24, 2.45) is 10.1 Å². The molecular formula is C18H29ClN4O4. The van der Waals surface area contributed by atoms with Crippen LogP contribution in [0.5, 0.6) is 0 Å². The first-order valence-electron chi connectivity index (χ1n) is 8.16. The SMILES string of the molecule is C=CC(=C)/C(Cl)=N\[C@@H](CC(=O)OC(C)(C)C)C(=C)ON(C)O/N=C(/C)NC. The number of aliphatic imine (C=N–C) groups is 1. The lowest BCUT2D eigenvalue weighted by Gasteiger charge is -2.23. The van der Waals surface area contributed by atoms with E-state index >= 15 is 0 Å². The summed E-state index contributed by atoms with van der Waals surface area (Å²) < 4.78 is 5.32. The molecule has 0 unspecified atom stereocenters. The smallest absolute Gasteiger partial charge is 0.308 e. The van der Waals surface area contributed by atoms with Crippen molar-refractivity contribution in [1.82, 2.24) is 10.5 Å². The molecule has 8 nitrogen and oxygen atoms in total. The van der Waals surface area contributed by atoms with E-state index in [1.807, 2.05) is 0 Å². The van der Waals surface area contributed by atoms with Crippen molar-refractivity contribution in [3.63, 3.8) is 0 Å². The van der Waals surface area contributed by atoms with Crippen LogP contribution in [-0.2, 0) is 19.3 Å². The van der Waals surface area contributed by atoms with Gasteiger partial charge >= 0.3 is 5.97 Å². The Morgan fingerprint density at radius 1 is 1.37 bits per heavy atom. The van der Waals surface area contributed by atoms with Gasteiger partial charge in [-0.1, -0.05) is 37.4 Å². The van der Waals surface area contributed by atoms with Crippen LogP contribution in [0.25, 0.3) is 0 Å². The van der Waals surface area contributed by atoms with Crippen LogP contribution in [0.2, 0.25) is 0 Å². The summed E-state index contributed by atoms with van der Waals surface area (Å²) in [5, 5.41) is 7.59. The van der Waals surface area contributed by atoms with Gasteiger partial charge in [0.1, 0.15) is 28.4 Å². The van der Waals surface area contributed by atoms with Crippen molar-refractivity contribution in [2.75, 3.05) is 14.1 Å². The maximum atomic E-state index is 12.2. The molecule has 0 saturated heterocycles. The third kappa shape index (κ3) is 11.1. The molecule has 0 rings (SSSR count). The van der Waals surface area contributed by atoms with Gasteiger partial charge in [0.15, 0.2) is 0 Å². The van der Waals surface area contributed by atoms with Crippen molar-refractivity contribution in [3.8, 4) is 0 Å². The van der Waals surface area contributed by atoms with E-state index in [9.17, 15) is 4.79 Å². The molecule has 0 aromatic heterocycles. The Kier molecular flexibility index (Phi) is 10.4. The summed E-state index contributed by atoms with van der Waals surface area (Å²) in [6.07, 6.45) is 1.31. The summed E-state index contributed by atoms with van der Waals surface area (Å²) in [4.78, 5) is 26.8. The third-order valence-electron chi connectivity index (χ3n) is 2.83. The van der Waals surface area contributed by atoms with E-state index in [2.05, 4.69) is 35.2 Å². The Hall–Kier alpha value is -2.32. The minimum absolute atomic E-state index is 0.0796. The van der Waals surface area contributed by atoms with Crippen LogP contribution in [0.4, 0.5) is 0 Å². The van der Waals surface area contributed by atoms with E-state index in [4.69, 9.17) is 26.1 Å². The molecule has 152 valence electrons. The Balaban J connectivity index is 5.27. The molecule has 9 heteroatoms.